The van der Waals surface area contributed by atoms with Crippen molar-refractivity contribution in [2.75, 3.05) is 6.54 Å². The minimum absolute atomic E-state index is 0.306. The maximum Gasteiger partial charge on any atom is 0.0714 e. The van der Waals surface area contributed by atoms with Gasteiger partial charge in [-0.25, -0.2) is 0 Å². The summed E-state index contributed by atoms with van der Waals surface area (Å²) in [5, 5.41) is 0. The predicted molar refractivity (Wildman–Crippen MR) is 65.5 cm³/mol. The summed E-state index contributed by atoms with van der Waals surface area (Å²) in [7, 11) is 0. The van der Waals surface area contributed by atoms with Gasteiger partial charge in [0.15, 0.2) is 0 Å². The number of rotatable bonds is 3. The third kappa shape index (κ3) is 2.74. The molecule has 0 amide bonds. The highest BCUT2D eigenvalue weighted by molar-refractivity contribution is 5.03. The molecule has 1 aliphatic heterocycles. The van der Waals surface area contributed by atoms with Crippen molar-refractivity contribution in [3.05, 3.63) is 0 Å². The Morgan fingerprint density at radius 1 is 1.53 bits per heavy atom. The minimum atomic E-state index is 0.306. The van der Waals surface area contributed by atoms with Gasteiger partial charge < -0.3 is 5.73 Å². The van der Waals surface area contributed by atoms with Crippen LogP contribution in [-0.2, 0) is 0 Å². The number of likely N-dealkylation sites (tertiary alicyclic amines) is 1. The average molecular weight is 208 g/mol. The van der Waals surface area contributed by atoms with Crippen LogP contribution in [0.2, 0.25) is 0 Å². The number of terminal acetylenes is 1. The number of hydrogen-bond donors (Lipinski definition) is 1. The molecule has 0 aromatic carbocycles. The van der Waals surface area contributed by atoms with Crippen LogP contribution in [0.15, 0.2) is 0 Å². The van der Waals surface area contributed by atoms with Crippen molar-refractivity contribution in [2.45, 2.75) is 58.2 Å². The second kappa shape index (κ2) is 5.53. The maximum absolute atomic E-state index is 6.07. The highest BCUT2D eigenvalue weighted by Crippen LogP contribution is 2.25. The SMILES string of the molecule is C#CC(CCC)N1CCC(N)C(C)C1C. The lowest BCUT2D eigenvalue weighted by atomic mass is 9.86. The number of nitrogens with zero attached hydrogens (tertiary/aromatic N) is 1. The highest BCUT2D eigenvalue weighted by atomic mass is 15.2. The minimum Gasteiger partial charge on any atom is -0.327 e. The van der Waals surface area contributed by atoms with E-state index in [1.807, 2.05) is 0 Å². The van der Waals surface area contributed by atoms with E-state index in [1.165, 1.54) is 0 Å². The summed E-state index contributed by atoms with van der Waals surface area (Å²) in [6.07, 6.45) is 8.94. The molecule has 0 spiro atoms. The van der Waals surface area contributed by atoms with E-state index in [9.17, 15) is 0 Å². The van der Waals surface area contributed by atoms with E-state index in [0.29, 0.717) is 24.0 Å². The Balaban J connectivity index is 2.65. The molecular weight excluding hydrogens is 184 g/mol. The molecule has 1 heterocycles. The fourth-order valence-corrected chi connectivity index (χ4v) is 2.48. The molecular formula is C13H24N2. The van der Waals surface area contributed by atoms with E-state index in [-0.39, 0.29) is 0 Å². The first-order valence-corrected chi connectivity index (χ1v) is 6.09. The van der Waals surface area contributed by atoms with Crippen LogP contribution in [0.3, 0.4) is 0 Å². The van der Waals surface area contributed by atoms with Crippen molar-refractivity contribution >= 4 is 0 Å². The number of piperidine rings is 1. The van der Waals surface area contributed by atoms with Gasteiger partial charge in [0.25, 0.3) is 0 Å². The van der Waals surface area contributed by atoms with Crippen LogP contribution >= 0.6 is 0 Å². The first-order chi connectivity index (χ1) is 7.11. The summed E-state index contributed by atoms with van der Waals surface area (Å²) in [6, 6.07) is 1.16. The fourth-order valence-electron chi connectivity index (χ4n) is 2.48. The average Bonchev–Trinajstić information content (AvgIpc) is 2.24. The molecule has 1 saturated heterocycles. The molecule has 0 bridgehead atoms. The van der Waals surface area contributed by atoms with Crippen LogP contribution in [0, 0.1) is 18.3 Å². The predicted octanol–water partition coefficient (Wildman–Crippen LogP) is 1.85. The maximum atomic E-state index is 6.07. The van der Waals surface area contributed by atoms with Crippen molar-refractivity contribution < 1.29 is 0 Å². The molecule has 1 rings (SSSR count). The van der Waals surface area contributed by atoms with E-state index in [2.05, 4.69) is 31.6 Å². The van der Waals surface area contributed by atoms with E-state index >= 15 is 0 Å². The number of nitrogens with two attached hydrogens (primary N) is 1. The Labute approximate surface area is 94.2 Å². The Morgan fingerprint density at radius 2 is 2.20 bits per heavy atom. The number of hydrogen-bond acceptors (Lipinski definition) is 2. The summed E-state index contributed by atoms with van der Waals surface area (Å²) < 4.78 is 0. The van der Waals surface area contributed by atoms with Crippen LogP contribution in [0.25, 0.3) is 0 Å². The van der Waals surface area contributed by atoms with Gasteiger partial charge in [-0.15, -0.1) is 6.42 Å². The lowest BCUT2D eigenvalue weighted by molar-refractivity contribution is 0.0734. The van der Waals surface area contributed by atoms with Gasteiger partial charge in [0.1, 0.15) is 0 Å². The van der Waals surface area contributed by atoms with Crippen molar-refractivity contribution in [1.29, 1.82) is 0 Å². The highest BCUT2D eigenvalue weighted by Gasteiger charge is 2.33. The summed E-state index contributed by atoms with van der Waals surface area (Å²) in [5.41, 5.74) is 6.07. The van der Waals surface area contributed by atoms with Crippen LogP contribution < -0.4 is 5.73 Å². The van der Waals surface area contributed by atoms with E-state index in [0.717, 1.165) is 25.8 Å². The van der Waals surface area contributed by atoms with Gasteiger partial charge >= 0.3 is 0 Å². The monoisotopic (exact) mass is 208 g/mol. The van der Waals surface area contributed by atoms with Gasteiger partial charge in [-0.3, -0.25) is 4.90 Å². The third-order valence-corrected chi connectivity index (χ3v) is 3.83. The largest absolute Gasteiger partial charge is 0.327 e. The van der Waals surface area contributed by atoms with Gasteiger partial charge in [0.05, 0.1) is 6.04 Å². The zero-order chi connectivity index (χ0) is 11.4. The van der Waals surface area contributed by atoms with Gasteiger partial charge in [0.2, 0.25) is 0 Å². The zero-order valence-electron chi connectivity index (χ0n) is 10.2. The topological polar surface area (TPSA) is 29.3 Å². The van der Waals surface area contributed by atoms with Gasteiger partial charge in [-0.2, -0.15) is 0 Å². The molecule has 15 heavy (non-hydrogen) atoms. The standard InChI is InChI=1S/C13H24N2/c1-5-7-12(6-2)15-9-8-13(14)10(3)11(15)4/h2,10-13H,5,7-9,14H2,1,3-4H3. The molecule has 0 aromatic rings. The van der Waals surface area contributed by atoms with Crippen LogP contribution in [0.4, 0.5) is 0 Å². The van der Waals surface area contributed by atoms with E-state index < -0.39 is 0 Å². The van der Waals surface area contributed by atoms with E-state index in [1.54, 1.807) is 0 Å². The van der Waals surface area contributed by atoms with Crippen molar-refractivity contribution in [3.63, 3.8) is 0 Å². The molecule has 0 saturated carbocycles. The van der Waals surface area contributed by atoms with Gasteiger partial charge in [-0.1, -0.05) is 26.2 Å². The second-order valence-corrected chi connectivity index (χ2v) is 4.76. The molecule has 0 aromatic heterocycles. The fraction of sp³-hybridized carbons (Fsp3) is 0.846. The Kier molecular flexibility index (Phi) is 4.63. The van der Waals surface area contributed by atoms with Crippen LogP contribution in [-0.4, -0.2) is 29.6 Å². The molecule has 4 atom stereocenters. The molecule has 0 radical (unpaired) electrons. The summed E-state index contributed by atoms with van der Waals surface area (Å²) >= 11 is 0. The Hall–Kier alpha value is -0.520. The Bertz CT molecular complexity index is 231. The smallest absolute Gasteiger partial charge is 0.0714 e. The van der Waals surface area contributed by atoms with E-state index in [4.69, 9.17) is 12.2 Å². The summed E-state index contributed by atoms with van der Waals surface area (Å²) in [4.78, 5) is 2.46. The van der Waals surface area contributed by atoms with Crippen LogP contribution in [0.1, 0.15) is 40.0 Å². The van der Waals surface area contributed by atoms with Gasteiger partial charge in [-0.05, 0) is 25.7 Å². The first kappa shape index (κ1) is 12.5. The molecule has 86 valence electrons. The molecule has 2 heteroatoms. The normalized spacial score (nSPS) is 34.7. The molecule has 4 unspecified atom stereocenters. The molecule has 1 fully saturated rings. The van der Waals surface area contributed by atoms with Crippen molar-refractivity contribution in [2.24, 2.45) is 11.7 Å². The zero-order valence-corrected chi connectivity index (χ0v) is 10.2. The van der Waals surface area contributed by atoms with Crippen molar-refractivity contribution in [1.82, 2.24) is 4.90 Å². The summed E-state index contributed by atoms with van der Waals surface area (Å²) in [5.74, 6) is 3.47. The quantitative estimate of drug-likeness (QED) is 0.717. The molecule has 1 aliphatic rings. The lowest BCUT2D eigenvalue weighted by Gasteiger charge is -2.44. The molecule has 0 aliphatic carbocycles. The second-order valence-electron chi connectivity index (χ2n) is 4.76. The third-order valence-electron chi connectivity index (χ3n) is 3.83. The molecule has 2 N–H and O–H groups in total. The summed E-state index contributed by atoms with van der Waals surface area (Å²) in [6.45, 7) is 7.74. The first-order valence-electron chi connectivity index (χ1n) is 6.09. The van der Waals surface area contributed by atoms with Crippen LogP contribution in [0.5, 0.6) is 0 Å². The lowest BCUT2D eigenvalue weighted by Crippen LogP contribution is -2.54. The molecule has 2 nitrogen and oxygen atoms in total. The van der Waals surface area contributed by atoms with Gasteiger partial charge in [0, 0.05) is 18.6 Å². The van der Waals surface area contributed by atoms with Crippen molar-refractivity contribution in [3.8, 4) is 12.3 Å². The Morgan fingerprint density at radius 3 is 2.73 bits per heavy atom.